The van der Waals surface area contributed by atoms with E-state index in [2.05, 4.69) is 6.92 Å². The van der Waals surface area contributed by atoms with E-state index >= 15 is 0 Å². The van der Waals surface area contributed by atoms with Gasteiger partial charge in [0.2, 0.25) is 0 Å². The highest BCUT2D eigenvalue weighted by molar-refractivity contribution is 5.28. The van der Waals surface area contributed by atoms with Crippen molar-refractivity contribution in [2.45, 2.75) is 116 Å². The van der Waals surface area contributed by atoms with E-state index in [1.165, 1.54) is 83.5 Å². The first-order chi connectivity index (χ1) is 15.1. The van der Waals surface area contributed by atoms with Gasteiger partial charge in [-0.15, -0.1) is 0 Å². The lowest BCUT2D eigenvalue weighted by Crippen LogP contribution is -2.34. The van der Waals surface area contributed by atoms with Crippen molar-refractivity contribution in [2.24, 2.45) is 29.6 Å². The second-order valence-electron chi connectivity index (χ2n) is 11.3. The normalized spacial score (nSPS) is 33.8. The van der Waals surface area contributed by atoms with E-state index in [0.717, 1.165) is 42.4 Å². The zero-order valence-electron chi connectivity index (χ0n) is 20.0. The first kappa shape index (κ1) is 23.2. The summed E-state index contributed by atoms with van der Waals surface area (Å²) in [5.74, 6) is 3.69. The molecule has 4 rings (SSSR count). The zero-order chi connectivity index (χ0) is 21.8. The summed E-state index contributed by atoms with van der Waals surface area (Å²) in [4.78, 5) is 0. The van der Waals surface area contributed by atoms with E-state index in [1.54, 1.807) is 13.0 Å². The molecule has 3 aliphatic carbocycles. The quantitative estimate of drug-likeness (QED) is 0.378. The minimum atomic E-state index is -0.640. The van der Waals surface area contributed by atoms with E-state index in [-0.39, 0.29) is 5.92 Å². The SMILES string of the molecule is CCCCCCC1CCC2CC(C3CCC(c4ccc(C)c(F)c4F)CC3)CCC2C1. The molecule has 3 fully saturated rings. The van der Waals surface area contributed by atoms with Crippen LogP contribution in [0.2, 0.25) is 0 Å². The summed E-state index contributed by atoms with van der Waals surface area (Å²) in [7, 11) is 0. The van der Waals surface area contributed by atoms with Crippen LogP contribution in [0.3, 0.4) is 0 Å². The van der Waals surface area contributed by atoms with Gasteiger partial charge in [-0.25, -0.2) is 8.78 Å². The van der Waals surface area contributed by atoms with Crippen LogP contribution in [0.15, 0.2) is 12.1 Å². The molecule has 0 amide bonds. The summed E-state index contributed by atoms with van der Waals surface area (Å²) in [5.41, 5.74) is 1.05. The van der Waals surface area contributed by atoms with Crippen molar-refractivity contribution in [1.82, 2.24) is 0 Å². The van der Waals surface area contributed by atoms with Crippen molar-refractivity contribution in [2.75, 3.05) is 0 Å². The minimum Gasteiger partial charge on any atom is -0.203 e. The van der Waals surface area contributed by atoms with Gasteiger partial charge in [0.05, 0.1) is 0 Å². The number of aryl methyl sites for hydroxylation is 1. The monoisotopic (exact) mass is 430 g/mol. The molecular weight excluding hydrogens is 386 g/mol. The molecule has 0 N–H and O–H groups in total. The van der Waals surface area contributed by atoms with Gasteiger partial charge in [-0.3, -0.25) is 0 Å². The molecule has 31 heavy (non-hydrogen) atoms. The van der Waals surface area contributed by atoms with Crippen LogP contribution >= 0.6 is 0 Å². The molecule has 4 atom stereocenters. The van der Waals surface area contributed by atoms with Crippen LogP contribution in [0.5, 0.6) is 0 Å². The van der Waals surface area contributed by atoms with Crippen LogP contribution in [-0.4, -0.2) is 0 Å². The van der Waals surface area contributed by atoms with Crippen molar-refractivity contribution in [3.63, 3.8) is 0 Å². The Hall–Kier alpha value is -0.920. The first-order valence-electron chi connectivity index (χ1n) is 13.5. The first-order valence-corrected chi connectivity index (χ1v) is 13.5. The van der Waals surface area contributed by atoms with Gasteiger partial charge < -0.3 is 0 Å². The number of benzene rings is 1. The number of rotatable bonds is 7. The summed E-state index contributed by atoms with van der Waals surface area (Å²) >= 11 is 0. The second-order valence-corrected chi connectivity index (χ2v) is 11.3. The van der Waals surface area contributed by atoms with Crippen LogP contribution in [0.4, 0.5) is 8.78 Å². The van der Waals surface area contributed by atoms with Crippen molar-refractivity contribution in [3.05, 3.63) is 34.9 Å². The summed E-state index contributed by atoms with van der Waals surface area (Å²) in [6.07, 6.45) is 20.4. The van der Waals surface area contributed by atoms with Crippen molar-refractivity contribution < 1.29 is 8.78 Å². The average Bonchev–Trinajstić information content (AvgIpc) is 2.80. The third kappa shape index (κ3) is 5.53. The van der Waals surface area contributed by atoms with Gasteiger partial charge in [0.25, 0.3) is 0 Å². The van der Waals surface area contributed by atoms with Gasteiger partial charge in [0.1, 0.15) is 0 Å². The Morgan fingerprint density at radius 2 is 1.35 bits per heavy atom. The Morgan fingerprint density at radius 3 is 2.10 bits per heavy atom. The molecule has 0 nitrogen and oxygen atoms in total. The number of hydrogen-bond donors (Lipinski definition) is 0. The van der Waals surface area contributed by atoms with Crippen LogP contribution in [0.25, 0.3) is 0 Å². The lowest BCUT2D eigenvalue weighted by molar-refractivity contribution is 0.0612. The van der Waals surface area contributed by atoms with Gasteiger partial charge in [0.15, 0.2) is 11.6 Å². The van der Waals surface area contributed by atoms with Crippen LogP contribution in [0, 0.1) is 48.1 Å². The molecule has 0 heterocycles. The molecule has 0 saturated heterocycles. The molecule has 1 aromatic rings. The predicted octanol–water partition coefficient (Wildman–Crippen LogP) is 9.35. The molecule has 0 bridgehead atoms. The summed E-state index contributed by atoms with van der Waals surface area (Å²) < 4.78 is 28.5. The highest BCUT2D eigenvalue weighted by atomic mass is 19.2. The Labute approximate surface area is 189 Å². The third-order valence-corrected chi connectivity index (χ3v) is 9.41. The number of halogens is 2. The van der Waals surface area contributed by atoms with Gasteiger partial charge in [-0.1, -0.05) is 57.6 Å². The molecule has 1 aromatic carbocycles. The molecule has 0 aromatic heterocycles. The maximum absolute atomic E-state index is 14.5. The van der Waals surface area contributed by atoms with E-state index < -0.39 is 11.6 Å². The predicted molar refractivity (Wildman–Crippen MR) is 126 cm³/mol. The Balaban J connectivity index is 1.24. The lowest BCUT2D eigenvalue weighted by Gasteiger charge is -2.45. The maximum atomic E-state index is 14.5. The molecule has 174 valence electrons. The molecule has 0 spiro atoms. The fraction of sp³-hybridized carbons (Fsp3) is 0.793. The van der Waals surface area contributed by atoms with E-state index in [4.69, 9.17) is 0 Å². The largest absolute Gasteiger partial charge is 0.203 e. The van der Waals surface area contributed by atoms with E-state index in [9.17, 15) is 8.78 Å². The molecule has 3 saturated carbocycles. The molecular formula is C29H44F2. The topological polar surface area (TPSA) is 0 Å². The van der Waals surface area contributed by atoms with Gasteiger partial charge >= 0.3 is 0 Å². The standard InChI is InChI=1S/C29H44F2/c1-3-4-5-6-7-21-9-10-26-19-25(16-15-24(26)18-21)22-11-13-23(14-12-22)27-17-8-20(2)28(30)29(27)31/h8,17,21-26H,3-7,9-16,18-19H2,1-2H3. The number of hydrogen-bond acceptors (Lipinski definition) is 0. The molecule has 0 radical (unpaired) electrons. The van der Waals surface area contributed by atoms with Gasteiger partial charge in [-0.2, -0.15) is 0 Å². The Kier molecular flexibility index (Phi) is 8.10. The summed E-state index contributed by atoms with van der Waals surface area (Å²) in [6, 6.07) is 3.59. The number of unbranched alkanes of at least 4 members (excludes halogenated alkanes) is 3. The Morgan fingerprint density at radius 1 is 0.710 bits per heavy atom. The molecule has 3 aliphatic rings. The highest BCUT2D eigenvalue weighted by Gasteiger charge is 2.39. The van der Waals surface area contributed by atoms with Crippen molar-refractivity contribution in [3.8, 4) is 0 Å². The number of fused-ring (bicyclic) bond motifs is 1. The summed E-state index contributed by atoms with van der Waals surface area (Å²) in [6.45, 7) is 3.95. The van der Waals surface area contributed by atoms with Crippen LogP contribution < -0.4 is 0 Å². The zero-order valence-corrected chi connectivity index (χ0v) is 20.0. The van der Waals surface area contributed by atoms with E-state index in [0.29, 0.717) is 11.1 Å². The van der Waals surface area contributed by atoms with Gasteiger partial charge in [0, 0.05) is 0 Å². The average molecular weight is 431 g/mol. The fourth-order valence-corrected chi connectivity index (χ4v) is 7.45. The lowest BCUT2D eigenvalue weighted by atomic mass is 9.60. The van der Waals surface area contributed by atoms with Gasteiger partial charge in [-0.05, 0) is 111 Å². The fourth-order valence-electron chi connectivity index (χ4n) is 7.45. The van der Waals surface area contributed by atoms with Crippen molar-refractivity contribution in [1.29, 1.82) is 0 Å². The third-order valence-electron chi connectivity index (χ3n) is 9.41. The van der Waals surface area contributed by atoms with Crippen LogP contribution in [0.1, 0.15) is 120 Å². The smallest absolute Gasteiger partial charge is 0.162 e. The molecule has 2 heteroatoms. The van der Waals surface area contributed by atoms with Crippen LogP contribution in [-0.2, 0) is 0 Å². The Bertz CT molecular complexity index is 703. The van der Waals surface area contributed by atoms with E-state index in [1.807, 2.05) is 6.07 Å². The molecule has 0 aliphatic heterocycles. The minimum absolute atomic E-state index is 0.214. The highest BCUT2D eigenvalue weighted by Crippen LogP contribution is 2.50. The maximum Gasteiger partial charge on any atom is 0.162 e. The molecule has 4 unspecified atom stereocenters. The summed E-state index contributed by atoms with van der Waals surface area (Å²) in [5, 5.41) is 0. The second kappa shape index (κ2) is 10.8. The van der Waals surface area contributed by atoms with Crippen molar-refractivity contribution >= 4 is 0 Å².